The molecule has 3 heteroatoms. The number of hydrogen-bond donors (Lipinski definition) is 2. The van der Waals surface area contributed by atoms with Gasteiger partial charge in [-0.05, 0) is 39.8 Å². The molecule has 2 unspecified atom stereocenters. The molecule has 0 radical (unpaired) electrons. The van der Waals surface area contributed by atoms with E-state index in [1.807, 2.05) is 6.92 Å². The first kappa shape index (κ1) is 9.96. The Hall–Kier alpha value is -0.120. The monoisotopic (exact) mass is 172 g/mol. The minimum atomic E-state index is -0.400. The van der Waals surface area contributed by atoms with Crippen LogP contribution in [0.5, 0.6) is 0 Å². The van der Waals surface area contributed by atoms with Gasteiger partial charge in [0.25, 0.3) is 0 Å². The van der Waals surface area contributed by atoms with Crippen LogP contribution in [0.3, 0.4) is 0 Å². The predicted molar refractivity (Wildman–Crippen MR) is 49.9 cm³/mol. The van der Waals surface area contributed by atoms with Gasteiger partial charge >= 0.3 is 0 Å². The molecule has 2 atom stereocenters. The van der Waals surface area contributed by atoms with Crippen LogP contribution in [0.2, 0.25) is 0 Å². The lowest BCUT2D eigenvalue weighted by atomic mass is 9.94. The molecular formula is C9H20N2O. The van der Waals surface area contributed by atoms with Crippen LogP contribution in [0.15, 0.2) is 0 Å². The van der Waals surface area contributed by atoms with Gasteiger partial charge in [0.15, 0.2) is 0 Å². The van der Waals surface area contributed by atoms with E-state index >= 15 is 0 Å². The van der Waals surface area contributed by atoms with Crippen molar-refractivity contribution in [1.29, 1.82) is 0 Å². The van der Waals surface area contributed by atoms with E-state index in [2.05, 4.69) is 11.9 Å². The zero-order valence-corrected chi connectivity index (χ0v) is 8.08. The Bertz CT molecular complexity index is 147. The van der Waals surface area contributed by atoms with Crippen LogP contribution in [-0.4, -0.2) is 41.8 Å². The third-order valence-electron chi connectivity index (χ3n) is 2.73. The number of likely N-dealkylation sites (tertiary alicyclic amines) is 1. The molecule has 1 heterocycles. The zero-order valence-electron chi connectivity index (χ0n) is 8.08. The van der Waals surface area contributed by atoms with Gasteiger partial charge in [0.05, 0.1) is 6.61 Å². The first-order valence-electron chi connectivity index (χ1n) is 4.65. The molecule has 0 aromatic rings. The van der Waals surface area contributed by atoms with Gasteiger partial charge in [-0.25, -0.2) is 0 Å². The first-order chi connectivity index (χ1) is 5.55. The second-order valence-corrected chi connectivity index (χ2v) is 4.29. The molecule has 72 valence electrons. The molecular weight excluding hydrogens is 152 g/mol. The van der Waals surface area contributed by atoms with Crippen molar-refractivity contribution in [3.63, 3.8) is 0 Å². The first-order valence-corrected chi connectivity index (χ1v) is 4.65. The predicted octanol–water partition coefficient (Wildman–Crippen LogP) is 0.180. The molecule has 3 nitrogen and oxygen atoms in total. The normalized spacial score (nSPS) is 30.5. The Balaban J connectivity index is 2.39. The van der Waals surface area contributed by atoms with Crippen molar-refractivity contribution < 1.29 is 5.11 Å². The SMILES string of the molecule is CN1CCCC1CC(C)(N)CO. The van der Waals surface area contributed by atoms with Gasteiger partial charge in [-0.2, -0.15) is 0 Å². The van der Waals surface area contributed by atoms with Crippen LogP contribution in [-0.2, 0) is 0 Å². The maximum atomic E-state index is 9.00. The highest BCUT2D eigenvalue weighted by Gasteiger charge is 2.28. The quantitative estimate of drug-likeness (QED) is 0.638. The van der Waals surface area contributed by atoms with Crippen LogP contribution < -0.4 is 5.73 Å². The average Bonchev–Trinajstić information content (AvgIpc) is 2.36. The third kappa shape index (κ3) is 2.44. The van der Waals surface area contributed by atoms with Gasteiger partial charge in [-0.3, -0.25) is 0 Å². The van der Waals surface area contributed by atoms with Crippen LogP contribution >= 0.6 is 0 Å². The molecule has 1 aliphatic rings. The van der Waals surface area contributed by atoms with Gasteiger partial charge in [0.1, 0.15) is 0 Å². The minimum Gasteiger partial charge on any atom is -0.394 e. The number of rotatable bonds is 3. The molecule has 0 spiro atoms. The highest BCUT2D eigenvalue weighted by molar-refractivity contribution is 4.87. The van der Waals surface area contributed by atoms with Gasteiger partial charge < -0.3 is 15.7 Å². The Kier molecular flexibility index (Phi) is 3.09. The maximum absolute atomic E-state index is 9.00. The van der Waals surface area contributed by atoms with E-state index in [0.717, 1.165) is 6.42 Å². The summed E-state index contributed by atoms with van der Waals surface area (Å²) < 4.78 is 0. The third-order valence-corrected chi connectivity index (χ3v) is 2.73. The molecule has 0 bridgehead atoms. The van der Waals surface area contributed by atoms with Gasteiger partial charge in [0.2, 0.25) is 0 Å². The van der Waals surface area contributed by atoms with Crippen molar-refractivity contribution in [3.05, 3.63) is 0 Å². The minimum absolute atomic E-state index is 0.0807. The summed E-state index contributed by atoms with van der Waals surface area (Å²) in [4.78, 5) is 2.33. The number of hydrogen-bond acceptors (Lipinski definition) is 3. The van der Waals surface area contributed by atoms with E-state index < -0.39 is 5.54 Å². The summed E-state index contributed by atoms with van der Waals surface area (Å²) in [5, 5.41) is 9.00. The second-order valence-electron chi connectivity index (χ2n) is 4.29. The maximum Gasteiger partial charge on any atom is 0.0609 e. The Morgan fingerprint density at radius 3 is 2.75 bits per heavy atom. The molecule has 12 heavy (non-hydrogen) atoms. The van der Waals surface area contributed by atoms with Gasteiger partial charge in [0, 0.05) is 11.6 Å². The lowest BCUT2D eigenvalue weighted by molar-refractivity contribution is 0.165. The van der Waals surface area contributed by atoms with E-state index in [4.69, 9.17) is 10.8 Å². The molecule has 1 aliphatic heterocycles. The largest absolute Gasteiger partial charge is 0.394 e. The fourth-order valence-corrected chi connectivity index (χ4v) is 1.84. The molecule has 1 rings (SSSR count). The van der Waals surface area contributed by atoms with E-state index in [0.29, 0.717) is 6.04 Å². The van der Waals surface area contributed by atoms with Crippen LogP contribution in [0, 0.1) is 0 Å². The standard InChI is InChI=1S/C9H20N2O/c1-9(10,7-12)6-8-4-3-5-11(8)2/h8,12H,3-7,10H2,1-2H3. The number of aliphatic hydroxyl groups excluding tert-OH is 1. The Morgan fingerprint density at radius 2 is 2.33 bits per heavy atom. The second kappa shape index (κ2) is 3.73. The van der Waals surface area contributed by atoms with E-state index in [1.54, 1.807) is 0 Å². The van der Waals surface area contributed by atoms with Crippen molar-refractivity contribution in [1.82, 2.24) is 4.90 Å². The van der Waals surface area contributed by atoms with E-state index in [9.17, 15) is 0 Å². The summed E-state index contributed by atoms with van der Waals surface area (Å²) in [5.41, 5.74) is 5.48. The number of nitrogens with zero attached hydrogens (tertiary/aromatic N) is 1. The van der Waals surface area contributed by atoms with Gasteiger partial charge in [-0.15, -0.1) is 0 Å². The number of aliphatic hydroxyl groups is 1. The molecule has 0 aromatic carbocycles. The van der Waals surface area contributed by atoms with E-state index in [1.165, 1.54) is 19.4 Å². The molecule has 1 fully saturated rings. The van der Waals surface area contributed by atoms with Crippen molar-refractivity contribution in [2.75, 3.05) is 20.2 Å². The smallest absolute Gasteiger partial charge is 0.0609 e. The van der Waals surface area contributed by atoms with Crippen molar-refractivity contribution in [3.8, 4) is 0 Å². The fraction of sp³-hybridized carbons (Fsp3) is 1.00. The van der Waals surface area contributed by atoms with Crippen molar-refractivity contribution in [2.24, 2.45) is 5.73 Å². The Morgan fingerprint density at radius 1 is 1.67 bits per heavy atom. The zero-order chi connectivity index (χ0) is 9.19. The molecule has 0 aromatic heterocycles. The summed E-state index contributed by atoms with van der Waals surface area (Å²) in [5.74, 6) is 0. The summed E-state index contributed by atoms with van der Waals surface area (Å²) in [7, 11) is 2.13. The van der Waals surface area contributed by atoms with Crippen molar-refractivity contribution in [2.45, 2.75) is 37.8 Å². The molecule has 0 saturated carbocycles. The topological polar surface area (TPSA) is 49.5 Å². The van der Waals surface area contributed by atoms with E-state index in [-0.39, 0.29) is 6.61 Å². The highest BCUT2D eigenvalue weighted by Crippen LogP contribution is 2.22. The molecule has 0 amide bonds. The van der Waals surface area contributed by atoms with Gasteiger partial charge in [-0.1, -0.05) is 0 Å². The summed E-state index contributed by atoms with van der Waals surface area (Å²) in [6.07, 6.45) is 3.39. The lowest BCUT2D eigenvalue weighted by Crippen LogP contribution is -2.45. The molecule has 3 N–H and O–H groups in total. The fourth-order valence-electron chi connectivity index (χ4n) is 1.84. The van der Waals surface area contributed by atoms with Crippen LogP contribution in [0.25, 0.3) is 0 Å². The average molecular weight is 172 g/mol. The number of nitrogens with two attached hydrogens (primary N) is 1. The lowest BCUT2D eigenvalue weighted by Gasteiger charge is -2.29. The summed E-state index contributed by atoms with van der Waals surface area (Å²) in [6.45, 7) is 3.17. The Labute approximate surface area is 74.5 Å². The van der Waals surface area contributed by atoms with Crippen LogP contribution in [0.4, 0.5) is 0 Å². The van der Waals surface area contributed by atoms with Crippen LogP contribution in [0.1, 0.15) is 26.2 Å². The van der Waals surface area contributed by atoms with Crippen molar-refractivity contribution >= 4 is 0 Å². The molecule has 0 aliphatic carbocycles. The highest BCUT2D eigenvalue weighted by atomic mass is 16.3. The molecule has 1 saturated heterocycles. The summed E-state index contributed by atoms with van der Waals surface area (Å²) >= 11 is 0. The summed E-state index contributed by atoms with van der Waals surface area (Å²) in [6, 6.07) is 0.576.